The Kier molecular flexibility index (Phi) is 7.36. The zero-order valence-electron chi connectivity index (χ0n) is 17.9. The zero-order valence-corrected chi connectivity index (χ0v) is 19.5. The molecule has 0 radical (unpaired) electrons. The second-order valence-corrected chi connectivity index (χ2v) is 10.5. The molecule has 0 bridgehead atoms. The number of hydrogen-bond donors (Lipinski definition) is 3. The van der Waals surface area contributed by atoms with Crippen LogP contribution in [0.1, 0.15) is 5.56 Å². The number of anilines is 2. The van der Waals surface area contributed by atoms with Crippen molar-refractivity contribution in [1.29, 1.82) is 0 Å². The van der Waals surface area contributed by atoms with Gasteiger partial charge in [-0.25, -0.2) is 21.6 Å². The topological polar surface area (TPSA) is 131 Å². The average Bonchev–Trinajstić information content (AvgIpc) is 2.79. The van der Waals surface area contributed by atoms with Gasteiger partial charge in [0.2, 0.25) is 10.0 Å². The molecule has 0 saturated carbocycles. The van der Waals surface area contributed by atoms with E-state index >= 15 is 0 Å². The maximum absolute atomic E-state index is 12.5. The van der Waals surface area contributed by atoms with Crippen molar-refractivity contribution in [2.75, 3.05) is 23.7 Å². The number of ether oxygens (including phenoxy) is 1. The predicted octanol–water partition coefficient (Wildman–Crippen LogP) is 2.72. The Balaban J connectivity index is 1.62. The molecular weight excluding hydrogens is 466 g/mol. The highest BCUT2D eigenvalue weighted by atomic mass is 32.2. The van der Waals surface area contributed by atoms with Crippen LogP contribution in [0.2, 0.25) is 0 Å². The lowest BCUT2D eigenvalue weighted by Crippen LogP contribution is -2.22. The number of rotatable bonds is 9. The highest BCUT2D eigenvalue weighted by Crippen LogP contribution is 2.21. The summed E-state index contributed by atoms with van der Waals surface area (Å²) in [6.07, 6.45) is 0. The first-order valence-electron chi connectivity index (χ1n) is 9.75. The lowest BCUT2D eigenvalue weighted by Gasteiger charge is -2.12. The van der Waals surface area contributed by atoms with Crippen LogP contribution in [0, 0.1) is 6.92 Å². The van der Waals surface area contributed by atoms with Gasteiger partial charge in [0.15, 0.2) is 6.61 Å². The minimum absolute atomic E-state index is 0.0210. The number of aryl methyl sites for hydroxylation is 1. The molecule has 0 fully saturated rings. The van der Waals surface area contributed by atoms with Gasteiger partial charge in [0.1, 0.15) is 5.75 Å². The third-order valence-electron chi connectivity index (χ3n) is 4.59. The summed E-state index contributed by atoms with van der Waals surface area (Å²) < 4.78 is 59.0. The molecule has 3 rings (SSSR count). The van der Waals surface area contributed by atoms with Crippen molar-refractivity contribution in [2.24, 2.45) is 0 Å². The first-order valence-corrected chi connectivity index (χ1v) is 12.7. The lowest BCUT2D eigenvalue weighted by molar-refractivity contribution is -0.118. The number of carbonyl (C=O) groups excluding carboxylic acids is 1. The molecule has 0 spiro atoms. The molecule has 3 aromatic carbocycles. The van der Waals surface area contributed by atoms with Crippen molar-refractivity contribution in [3.63, 3.8) is 0 Å². The smallest absolute Gasteiger partial charge is 0.262 e. The Bertz CT molecular complexity index is 1340. The van der Waals surface area contributed by atoms with E-state index in [-0.39, 0.29) is 16.4 Å². The molecule has 0 saturated heterocycles. The Hall–Kier alpha value is -3.41. The molecule has 0 aliphatic carbocycles. The molecule has 0 aromatic heterocycles. The van der Waals surface area contributed by atoms with Crippen LogP contribution in [0.5, 0.6) is 5.75 Å². The van der Waals surface area contributed by atoms with Crippen LogP contribution in [0.3, 0.4) is 0 Å². The molecule has 0 unspecified atom stereocenters. The van der Waals surface area contributed by atoms with E-state index in [2.05, 4.69) is 14.8 Å². The Labute approximate surface area is 192 Å². The van der Waals surface area contributed by atoms with Crippen molar-refractivity contribution >= 4 is 37.3 Å². The van der Waals surface area contributed by atoms with E-state index in [4.69, 9.17) is 4.74 Å². The molecule has 11 heteroatoms. The second kappa shape index (κ2) is 10.0. The summed E-state index contributed by atoms with van der Waals surface area (Å²) >= 11 is 0. The zero-order chi connectivity index (χ0) is 24.1. The summed E-state index contributed by atoms with van der Waals surface area (Å²) in [5.74, 6) is -0.202. The van der Waals surface area contributed by atoms with Gasteiger partial charge in [-0.3, -0.25) is 9.52 Å². The molecule has 33 heavy (non-hydrogen) atoms. The van der Waals surface area contributed by atoms with Crippen molar-refractivity contribution in [3.8, 4) is 5.75 Å². The normalized spacial score (nSPS) is 11.6. The average molecular weight is 490 g/mol. The third-order valence-corrected chi connectivity index (χ3v) is 7.40. The van der Waals surface area contributed by atoms with Gasteiger partial charge in [0, 0.05) is 11.4 Å². The van der Waals surface area contributed by atoms with Crippen LogP contribution in [0.15, 0.2) is 82.6 Å². The Morgan fingerprint density at radius 1 is 0.848 bits per heavy atom. The molecule has 0 aliphatic rings. The highest BCUT2D eigenvalue weighted by Gasteiger charge is 2.16. The molecule has 0 heterocycles. The Morgan fingerprint density at radius 3 is 2.12 bits per heavy atom. The summed E-state index contributed by atoms with van der Waals surface area (Å²) in [5, 5.41) is 2.62. The molecule has 9 nitrogen and oxygen atoms in total. The molecule has 0 atom stereocenters. The van der Waals surface area contributed by atoms with Crippen LogP contribution in [-0.2, 0) is 24.8 Å². The Morgan fingerprint density at radius 2 is 1.48 bits per heavy atom. The first kappa shape index (κ1) is 24.2. The van der Waals surface area contributed by atoms with E-state index in [1.54, 1.807) is 43.3 Å². The van der Waals surface area contributed by atoms with Gasteiger partial charge in [-0.05, 0) is 68.1 Å². The van der Waals surface area contributed by atoms with Gasteiger partial charge in [-0.1, -0.05) is 24.3 Å². The summed E-state index contributed by atoms with van der Waals surface area (Å²) in [4.78, 5) is 12.4. The summed E-state index contributed by atoms with van der Waals surface area (Å²) in [7, 11) is -6.11. The fraction of sp³-hybridized carbons (Fsp3) is 0.136. The van der Waals surface area contributed by atoms with Crippen molar-refractivity contribution in [1.82, 2.24) is 4.72 Å². The first-order chi connectivity index (χ1) is 15.6. The predicted molar refractivity (Wildman–Crippen MR) is 125 cm³/mol. The number of nitrogens with one attached hydrogen (secondary N) is 3. The van der Waals surface area contributed by atoms with E-state index in [0.29, 0.717) is 22.7 Å². The largest absolute Gasteiger partial charge is 0.484 e. The van der Waals surface area contributed by atoms with Crippen molar-refractivity contribution in [3.05, 3.63) is 78.4 Å². The fourth-order valence-electron chi connectivity index (χ4n) is 2.79. The summed E-state index contributed by atoms with van der Waals surface area (Å²) in [6, 6.07) is 18.5. The van der Waals surface area contributed by atoms with Crippen LogP contribution >= 0.6 is 0 Å². The maximum Gasteiger partial charge on any atom is 0.262 e. The van der Waals surface area contributed by atoms with E-state index < -0.39 is 26.0 Å². The van der Waals surface area contributed by atoms with Crippen molar-refractivity contribution in [2.45, 2.75) is 16.7 Å². The maximum atomic E-state index is 12.5. The molecule has 3 aromatic rings. The van der Waals surface area contributed by atoms with Gasteiger partial charge < -0.3 is 10.1 Å². The standard InChI is InChI=1S/C22H23N3O6S2/c1-16-8-11-20(32(27,28)23-2)14-21(16)24-22(26)15-31-18-9-12-19(13-10-18)33(29,30)25-17-6-4-3-5-7-17/h3-14,23,25H,15H2,1-2H3,(H,24,26). The minimum atomic E-state index is -3.76. The van der Waals surface area contributed by atoms with E-state index in [0.717, 1.165) is 0 Å². The van der Waals surface area contributed by atoms with Crippen LogP contribution in [0.25, 0.3) is 0 Å². The number of para-hydroxylation sites is 1. The highest BCUT2D eigenvalue weighted by molar-refractivity contribution is 7.92. The van der Waals surface area contributed by atoms with Gasteiger partial charge in [0.25, 0.3) is 15.9 Å². The minimum Gasteiger partial charge on any atom is -0.484 e. The summed E-state index contributed by atoms with van der Waals surface area (Å²) in [6.45, 7) is 1.38. The second-order valence-electron chi connectivity index (χ2n) is 6.96. The van der Waals surface area contributed by atoms with Gasteiger partial charge in [-0.2, -0.15) is 0 Å². The lowest BCUT2D eigenvalue weighted by atomic mass is 10.2. The van der Waals surface area contributed by atoms with E-state index in [9.17, 15) is 21.6 Å². The number of amides is 1. The SMILES string of the molecule is CNS(=O)(=O)c1ccc(C)c(NC(=O)COc2ccc(S(=O)(=O)Nc3ccccc3)cc2)c1. The van der Waals surface area contributed by atoms with Crippen LogP contribution in [0.4, 0.5) is 11.4 Å². The summed E-state index contributed by atoms with van der Waals surface area (Å²) in [5.41, 5.74) is 1.46. The number of benzene rings is 3. The monoisotopic (exact) mass is 489 g/mol. The molecular formula is C22H23N3O6S2. The molecule has 3 N–H and O–H groups in total. The number of sulfonamides is 2. The van der Waals surface area contributed by atoms with E-state index in [1.807, 2.05) is 0 Å². The quantitative estimate of drug-likeness (QED) is 0.424. The fourth-order valence-corrected chi connectivity index (χ4v) is 4.61. The number of hydrogen-bond acceptors (Lipinski definition) is 6. The molecule has 0 aliphatic heterocycles. The molecule has 174 valence electrons. The van der Waals surface area contributed by atoms with Crippen LogP contribution in [-0.4, -0.2) is 36.4 Å². The van der Waals surface area contributed by atoms with E-state index in [1.165, 1.54) is 43.4 Å². The van der Waals surface area contributed by atoms with Gasteiger partial charge in [0.05, 0.1) is 9.79 Å². The van der Waals surface area contributed by atoms with Crippen molar-refractivity contribution < 1.29 is 26.4 Å². The third kappa shape index (κ3) is 6.31. The van der Waals surface area contributed by atoms with Crippen LogP contribution < -0.4 is 19.5 Å². The molecule has 1 amide bonds. The van der Waals surface area contributed by atoms with Gasteiger partial charge in [-0.15, -0.1) is 0 Å². The van der Waals surface area contributed by atoms with Gasteiger partial charge >= 0.3 is 0 Å². The number of carbonyl (C=O) groups is 1.